The number of rotatable bonds is 2. The van der Waals surface area contributed by atoms with Gasteiger partial charge in [0, 0.05) is 0 Å². The van der Waals surface area contributed by atoms with Crippen LogP contribution in [0.3, 0.4) is 0 Å². The molecule has 3 heteroatoms. The zero-order valence-electron chi connectivity index (χ0n) is 8.21. The van der Waals surface area contributed by atoms with Gasteiger partial charge in [0.1, 0.15) is 0 Å². The summed E-state index contributed by atoms with van der Waals surface area (Å²) in [6, 6.07) is 0. The molecule has 0 saturated carbocycles. The second-order valence-electron chi connectivity index (χ2n) is 3.46. The Bertz CT molecular complexity index is 208. The molecule has 0 amide bonds. The molecule has 0 N–H and O–H groups in total. The van der Waals surface area contributed by atoms with E-state index in [0.717, 1.165) is 19.3 Å². The largest absolute Gasteiger partial charge is 0.507 e. The monoisotopic (exact) mass is 184 g/mol. The van der Waals surface area contributed by atoms with Crippen molar-refractivity contribution in [2.24, 2.45) is 5.92 Å². The first kappa shape index (κ1) is 10.1. The van der Waals surface area contributed by atoms with Gasteiger partial charge < -0.3 is 9.47 Å². The first-order chi connectivity index (χ1) is 6.22. The van der Waals surface area contributed by atoms with Crippen LogP contribution in [0.4, 0.5) is 4.79 Å². The summed E-state index contributed by atoms with van der Waals surface area (Å²) in [6.45, 7) is 2.62. The van der Waals surface area contributed by atoms with Gasteiger partial charge in [0.05, 0.1) is 13.7 Å². The maximum absolute atomic E-state index is 10.7. The van der Waals surface area contributed by atoms with Gasteiger partial charge in [-0.05, 0) is 32.1 Å². The lowest BCUT2D eigenvalue weighted by Gasteiger charge is -2.19. The maximum atomic E-state index is 10.7. The summed E-state index contributed by atoms with van der Waals surface area (Å²) >= 11 is 0. The fourth-order valence-electron chi connectivity index (χ4n) is 1.42. The Morgan fingerprint density at radius 2 is 2.46 bits per heavy atom. The highest BCUT2D eigenvalue weighted by molar-refractivity contribution is 5.59. The Kier molecular flexibility index (Phi) is 3.80. The molecule has 13 heavy (non-hydrogen) atoms. The average Bonchev–Trinajstić information content (AvgIpc) is 2.16. The van der Waals surface area contributed by atoms with E-state index in [2.05, 4.69) is 17.7 Å². The second-order valence-corrected chi connectivity index (χ2v) is 3.46. The Balaban J connectivity index is 2.20. The average molecular weight is 184 g/mol. The third kappa shape index (κ3) is 3.49. The molecule has 1 aliphatic carbocycles. The molecule has 0 aromatic heterocycles. The third-order valence-electron chi connectivity index (χ3n) is 2.35. The smallest absolute Gasteiger partial charge is 0.438 e. The van der Waals surface area contributed by atoms with Crippen LogP contribution in [0.15, 0.2) is 11.6 Å². The Morgan fingerprint density at radius 3 is 3.00 bits per heavy atom. The number of hydrogen-bond donors (Lipinski definition) is 0. The van der Waals surface area contributed by atoms with Crippen molar-refractivity contribution in [2.45, 2.75) is 26.2 Å². The first-order valence-electron chi connectivity index (χ1n) is 4.58. The van der Waals surface area contributed by atoms with Crippen LogP contribution >= 0.6 is 0 Å². The predicted octanol–water partition coefficient (Wildman–Crippen LogP) is 2.52. The predicted molar refractivity (Wildman–Crippen MR) is 49.5 cm³/mol. The molecule has 1 rings (SSSR count). The number of ether oxygens (including phenoxy) is 2. The minimum Gasteiger partial charge on any atom is -0.438 e. The molecule has 1 atom stereocenters. The van der Waals surface area contributed by atoms with Crippen LogP contribution in [-0.2, 0) is 9.47 Å². The van der Waals surface area contributed by atoms with Gasteiger partial charge in [0.2, 0.25) is 0 Å². The molecule has 0 spiro atoms. The molecule has 1 aliphatic rings. The highest BCUT2D eigenvalue weighted by Crippen LogP contribution is 2.23. The summed E-state index contributed by atoms with van der Waals surface area (Å²) in [5.74, 6) is 0.475. The SMILES string of the molecule is COC(=O)OCC1CC=C(C)CC1. The number of carbonyl (C=O) groups excluding carboxylic acids is 1. The quantitative estimate of drug-likeness (QED) is 0.488. The summed E-state index contributed by atoms with van der Waals surface area (Å²) in [7, 11) is 1.33. The summed E-state index contributed by atoms with van der Waals surface area (Å²) in [6.07, 6.45) is 4.89. The topological polar surface area (TPSA) is 35.5 Å². The van der Waals surface area contributed by atoms with Crippen LogP contribution < -0.4 is 0 Å². The molecule has 0 radical (unpaired) electrons. The number of allylic oxidation sites excluding steroid dienone is 2. The van der Waals surface area contributed by atoms with Gasteiger partial charge in [0.25, 0.3) is 0 Å². The summed E-state index contributed by atoms with van der Waals surface area (Å²) in [5.41, 5.74) is 1.44. The van der Waals surface area contributed by atoms with Crippen LogP contribution in [-0.4, -0.2) is 19.9 Å². The van der Waals surface area contributed by atoms with Gasteiger partial charge in [-0.25, -0.2) is 4.79 Å². The molecular weight excluding hydrogens is 168 g/mol. The molecule has 0 saturated heterocycles. The van der Waals surface area contributed by atoms with E-state index in [1.165, 1.54) is 12.7 Å². The van der Waals surface area contributed by atoms with Gasteiger partial charge in [0.15, 0.2) is 0 Å². The minimum absolute atomic E-state index is 0.475. The summed E-state index contributed by atoms with van der Waals surface area (Å²) in [4.78, 5) is 10.7. The van der Waals surface area contributed by atoms with Gasteiger partial charge >= 0.3 is 6.16 Å². The van der Waals surface area contributed by atoms with E-state index in [1.807, 2.05) is 0 Å². The third-order valence-corrected chi connectivity index (χ3v) is 2.35. The molecule has 1 unspecified atom stereocenters. The fourth-order valence-corrected chi connectivity index (χ4v) is 1.42. The van der Waals surface area contributed by atoms with Crippen molar-refractivity contribution in [1.29, 1.82) is 0 Å². The molecule has 74 valence electrons. The van der Waals surface area contributed by atoms with Crippen LogP contribution in [0.1, 0.15) is 26.2 Å². The molecular formula is C10H16O3. The normalized spacial score (nSPS) is 22.0. The summed E-state index contributed by atoms with van der Waals surface area (Å²) < 4.78 is 9.26. The number of hydrogen-bond acceptors (Lipinski definition) is 3. The van der Waals surface area contributed by atoms with Crippen molar-refractivity contribution in [2.75, 3.05) is 13.7 Å². The molecule has 0 heterocycles. The number of carbonyl (C=O) groups is 1. The van der Waals surface area contributed by atoms with Crippen LogP contribution in [0.25, 0.3) is 0 Å². The van der Waals surface area contributed by atoms with Gasteiger partial charge in [-0.1, -0.05) is 11.6 Å². The van der Waals surface area contributed by atoms with E-state index in [9.17, 15) is 4.79 Å². The highest BCUT2D eigenvalue weighted by Gasteiger charge is 2.14. The lowest BCUT2D eigenvalue weighted by molar-refractivity contribution is 0.0585. The summed E-state index contributed by atoms with van der Waals surface area (Å²) in [5, 5.41) is 0. The standard InChI is InChI=1S/C10H16O3/c1-8-3-5-9(6-4-8)7-13-10(11)12-2/h3,9H,4-7H2,1-2H3. The maximum Gasteiger partial charge on any atom is 0.507 e. The zero-order chi connectivity index (χ0) is 9.68. The first-order valence-corrected chi connectivity index (χ1v) is 4.58. The van der Waals surface area contributed by atoms with Crippen molar-refractivity contribution >= 4 is 6.16 Å². The van der Waals surface area contributed by atoms with Crippen molar-refractivity contribution in [3.63, 3.8) is 0 Å². The van der Waals surface area contributed by atoms with E-state index in [1.54, 1.807) is 0 Å². The van der Waals surface area contributed by atoms with E-state index in [4.69, 9.17) is 4.74 Å². The second kappa shape index (κ2) is 4.90. The molecule has 0 bridgehead atoms. The Labute approximate surface area is 78.7 Å². The zero-order valence-corrected chi connectivity index (χ0v) is 8.21. The van der Waals surface area contributed by atoms with Crippen molar-refractivity contribution in [3.8, 4) is 0 Å². The lowest BCUT2D eigenvalue weighted by atomic mass is 9.91. The molecule has 3 nitrogen and oxygen atoms in total. The van der Waals surface area contributed by atoms with E-state index < -0.39 is 6.16 Å². The Morgan fingerprint density at radius 1 is 1.69 bits per heavy atom. The van der Waals surface area contributed by atoms with Crippen LogP contribution in [0.2, 0.25) is 0 Å². The Hall–Kier alpha value is -0.990. The van der Waals surface area contributed by atoms with Crippen molar-refractivity contribution in [1.82, 2.24) is 0 Å². The highest BCUT2D eigenvalue weighted by atomic mass is 16.7. The number of methoxy groups -OCH3 is 1. The molecule has 0 aromatic rings. The molecule has 0 aliphatic heterocycles. The van der Waals surface area contributed by atoms with Gasteiger partial charge in [-0.2, -0.15) is 0 Å². The van der Waals surface area contributed by atoms with E-state index in [-0.39, 0.29) is 0 Å². The lowest BCUT2D eigenvalue weighted by Crippen LogP contribution is -2.15. The molecule has 0 fully saturated rings. The van der Waals surface area contributed by atoms with Crippen LogP contribution in [0.5, 0.6) is 0 Å². The van der Waals surface area contributed by atoms with Gasteiger partial charge in [-0.15, -0.1) is 0 Å². The minimum atomic E-state index is -0.578. The van der Waals surface area contributed by atoms with E-state index in [0.29, 0.717) is 12.5 Å². The van der Waals surface area contributed by atoms with Crippen molar-refractivity contribution in [3.05, 3.63) is 11.6 Å². The van der Waals surface area contributed by atoms with Crippen molar-refractivity contribution < 1.29 is 14.3 Å². The molecule has 0 aromatic carbocycles. The van der Waals surface area contributed by atoms with Crippen LogP contribution in [0, 0.1) is 5.92 Å². The fraction of sp³-hybridized carbons (Fsp3) is 0.700. The van der Waals surface area contributed by atoms with Gasteiger partial charge in [-0.3, -0.25) is 0 Å². The van der Waals surface area contributed by atoms with E-state index >= 15 is 0 Å².